The number of furan rings is 1. The molecule has 3 heteroatoms. The van der Waals surface area contributed by atoms with E-state index in [9.17, 15) is 0 Å². The van der Waals surface area contributed by atoms with Gasteiger partial charge in [-0.25, -0.2) is 0 Å². The molecule has 0 atom stereocenters. The van der Waals surface area contributed by atoms with Gasteiger partial charge in [-0.15, -0.1) is 0 Å². The molecule has 0 radical (unpaired) electrons. The summed E-state index contributed by atoms with van der Waals surface area (Å²) in [6, 6.07) is 10.4. The standard InChI is InChI=1S/C16H16N2O/c1-11-4-3-5-13-7-15(19-16(11)13)14-6-12(8-17-2)9-18-10-14/h3-7,9-10,17H,8H2,1-2H3. The number of para-hydroxylation sites is 1. The largest absolute Gasteiger partial charge is 0.456 e. The normalized spacial score (nSPS) is 11.1. The highest BCUT2D eigenvalue weighted by atomic mass is 16.3. The first-order valence-corrected chi connectivity index (χ1v) is 6.36. The predicted octanol–water partition coefficient (Wildman–Crippen LogP) is 3.52. The molecule has 3 nitrogen and oxygen atoms in total. The van der Waals surface area contributed by atoms with Gasteiger partial charge in [0.25, 0.3) is 0 Å². The fourth-order valence-electron chi connectivity index (χ4n) is 2.27. The zero-order valence-electron chi connectivity index (χ0n) is 11.1. The predicted molar refractivity (Wildman–Crippen MR) is 76.9 cm³/mol. The highest BCUT2D eigenvalue weighted by Crippen LogP contribution is 2.29. The summed E-state index contributed by atoms with van der Waals surface area (Å²) in [5.74, 6) is 0.870. The molecule has 0 aliphatic carbocycles. The Balaban J connectivity index is 2.08. The molecule has 0 spiro atoms. The van der Waals surface area contributed by atoms with Crippen molar-refractivity contribution in [1.82, 2.24) is 10.3 Å². The Hall–Kier alpha value is -2.13. The molecule has 0 aliphatic heterocycles. The Kier molecular flexibility index (Phi) is 3.05. The van der Waals surface area contributed by atoms with Crippen LogP contribution in [-0.2, 0) is 6.54 Å². The van der Waals surface area contributed by atoms with Crippen molar-refractivity contribution in [1.29, 1.82) is 0 Å². The second-order valence-electron chi connectivity index (χ2n) is 4.72. The number of pyridine rings is 1. The lowest BCUT2D eigenvalue weighted by atomic mass is 10.1. The van der Waals surface area contributed by atoms with Gasteiger partial charge in [-0.1, -0.05) is 18.2 Å². The molecule has 2 aromatic heterocycles. The average molecular weight is 252 g/mol. The lowest BCUT2D eigenvalue weighted by Gasteiger charge is -2.01. The third-order valence-electron chi connectivity index (χ3n) is 3.20. The number of aryl methyl sites for hydroxylation is 1. The zero-order valence-corrected chi connectivity index (χ0v) is 11.1. The van der Waals surface area contributed by atoms with Gasteiger partial charge < -0.3 is 9.73 Å². The molecule has 2 heterocycles. The highest BCUT2D eigenvalue weighted by Gasteiger charge is 2.08. The first-order valence-electron chi connectivity index (χ1n) is 6.36. The van der Waals surface area contributed by atoms with Gasteiger partial charge in [0.1, 0.15) is 11.3 Å². The molecule has 3 rings (SSSR count). The molecule has 0 saturated heterocycles. The fraction of sp³-hybridized carbons (Fsp3) is 0.188. The number of fused-ring (bicyclic) bond motifs is 1. The van der Waals surface area contributed by atoms with Crippen molar-refractivity contribution in [2.75, 3.05) is 7.05 Å². The van der Waals surface area contributed by atoms with Crippen LogP contribution < -0.4 is 5.32 Å². The molecular formula is C16H16N2O. The third-order valence-corrected chi connectivity index (χ3v) is 3.20. The van der Waals surface area contributed by atoms with E-state index in [4.69, 9.17) is 4.42 Å². The number of rotatable bonds is 3. The molecule has 1 aromatic carbocycles. The third kappa shape index (κ3) is 2.25. The van der Waals surface area contributed by atoms with E-state index in [2.05, 4.69) is 41.5 Å². The first-order chi connectivity index (χ1) is 9.28. The summed E-state index contributed by atoms with van der Waals surface area (Å²) in [5, 5.41) is 4.26. The number of hydrogen-bond acceptors (Lipinski definition) is 3. The minimum absolute atomic E-state index is 0.806. The van der Waals surface area contributed by atoms with Crippen LogP contribution in [0.1, 0.15) is 11.1 Å². The van der Waals surface area contributed by atoms with Gasteiger partial charge >= 0.3 is 0 Å². The summed E-state index contributed by atoms with van der Waals surface area (Å²) < 4.78 is 5.96. The van der Waals surface area contributed by atoms with Gasteiger partial charge in [0, 0.05) is 29.9 Å². The summed E-state index contributed by atoms with van der Waals surface area (Å²) in [6.07, 6.45) is 3.71. The van der Waals surface area contributed by atoms with Crippen molar-refractivity contribution in [3.8, 4) is 11.3 Å². The maximum atomic E-state index is 5.96. The molecule has 0 bridgehead atoms. The van der Waals surface area contributed by atoms with Crippen molar-refractivity contribution >= 4 is 11.0 Å². The summed E-state index contributed by atoms with van der Waals surface area (Å²) in [5.41, 5.74) is 4.28. The van der Waals surface area contributed by atoms with E-state index in [1.54, 1.807) is 0 Å². The van der Waals surface area contributed by atoms with E-state index in [0.717, 1.165) is 40.0 Å². The van der Waals surface area contributed by atoms with E-state index in [1.165, 1.54) is 0 Å². The maximum Gasteiger partial charge on any atom is 0.137 e. The van der Waals surface area contributed by atoms with Crippen LogP contribution in [-0.4, -0.2) is 12.0 Å². The van der Waals surface area contributed by atoms with Gasteiger partial charge in [-0.05, 0) is 37.2 Å². The smallest absolute Gasteiger partial charge is 0.137 e. The van der Waals surface area contributed by atoms with E-state index in [0.29, 0.717) is 0 Å². The van der Waals surface area contributed by atoms with Crippen molar-refractivity contribution in [2.24, 2.45) is 0 Å². The molecular weight excluding hydrogens is 236 g/mol. The van der Waals surface area contributed by atoms with Gasteiger partial charge in [0.2, 0.25) is 0 Å². The second kappa shape index (κ2) is 4.86. The highest BCUT2D eigenvalue weighted by molar-refractivity contribution is 5.85. The van der Waals surface area contributed by atoms with E-state index in [1.807, 2.05) is 25.5 Å². The Labute approximate surface area is 112 Å². The molecule has 3 aromatic rings. The number of nitrogens with zero attached hydrogens (tertiary/aromatic N) is 1. The Bertz CT molecular complexity index is 716. The van der Waals surface area contributed by atoms with Crippen LogP contribution in [0.4, 0.5) is 0 Å². The number of nitrogens with one attached hydrogen (secondary N) is 1. The Morgan fingerprint density at radius 1 is 1.21 bits per heavy atom. The molecule has 0 unspecified atom stereocenters. The fourth-order valence-corrected chi connectivity index (χ4v) is 2.27. The van der Waals surface area contributed by atoms with Crippen LogP contribution in [0.2, 0.25) is 0 Å². The summed E-state index contributed by atoms with van der Waals surface area (Å²) in [7, 11) is 1.93. The monoisotopic (exact) mass is 252 g/mol. The van der Waals surface area contributed by atoms with Crippen LogP contribution in [0.3, 0.4) is 0 Å². The number of hydrogen-bond donors (Lipinski definition) is 1. The lowest BCUT2D eigenvalue weighted by Crippen LogP contribution is -2.05. The summed E-state index contributed by atoms with van der Waals surface area (Å²) in [4.78, 5) is 4.27. The van der Waals surface area contributed by atoms with Crippen LogP contribution in [0.15, 0.2) is 47.1 Å². The first kappa shape index (κ1) is 11.9. The van der Waals surface area contributed by atoms with Gasteiger partial charge in [0.15, 0.2) is 0 Å². The molecule has 19 heavy (non-hydrogen) atoms. The van der Waals surface area contributed by atoms with Crippen molar-refractivity contribution in [2.45, 2.75) is 13.5 Å². The van der Waals surface area contributed by atoms with E-state index in [-0.39, 0.29) is 0 Å². The maximum absolute atomic E-state index is 5.96. The number of aromatic nitrogens is 1. The van der Waals surface area contributed by atoms with Crippen LogP contribution in [0, 0.1) is 6.92 Å². The molecule has 1 N–H and O–H groups in total. The average Bonchev–Trinajstić information content (AvgIpc) is 2.85. The van der Waals surface area contributed by atoms with Crippen LogP contribution in [0.25, 0.3) is 22.3 Å². The Morgan fingerprint density at radius 3 is 2.89 bits per heavy atom. The van der Waals surface area contributed by atoms with E-state index < -0.39 is 0 Å². The van der Waals surface area contributed by atoms with Gasteiger partial charge in [-0.2, -0.15) is 0 Å². The second-order valence-corrected chi connectivity index (χ2v) is 4.72. The van der Waals surface area contributed by atoms with Crippen LogP contribution >= 0.6 is 0 Å². The topological polar surface area (TPSA) is 38.1 Å². The van der Waals surface area contributed by atoms with E-state index >= 15 is 0 Å². The molecule has 0 amide bonds. The van der Waals surface area contributed by atoms with Crippen molar-refractivity contribution in [3.05, 3.63) is 53.9 Å². The SMILES string of the molecule is CNCc1cncc(-c2cc3cccc(C)c3o2)c1. The minimum Gasteiger partial charge on any atom is -0.456 e. The molecule has 0 saturated carbocycles. The summed E-state index contributed by atoms with van der Waals surface area (Å²) in [6.45, 7) is 2.87. The lowest BCUT2D eigenvalue weighted by molar-refractivity contribution is 0.628. The molecule has 0 aliphatic rings. The zero-order chi connectivity index (χ0) is 13.2. The van der Waals surface area contributed by atoms with Gasteiger partial charge in [0.05, 0.1) is 0 Å². The van der Waals surface area contributed by atoms with Crippen molar-refractivity contribution in [3.63, 3.8) is 0 Å². The molecule has 96 valence electrons. The van der Waals surface area contributed by atoms with Gasteiger partial charge in [-0.3, -0.25) is 4.98 Å². The number of benzene rings is 1. The Morgan fingerprint density at radius 2 is 2.11 bits per heavy atom. The minimum atomic E-state index is 0.806. The van der Waals surface area contributed by atoms with Crippen LogP contribution in [0.5, 0.6) is 0 Å². The summed E-state index contributed by atoms with van der Waals surface area (Å²) >= 11 is 0. The molecule has 0 fully saturated rings. The quantitative estimate of drug-likeness (QED) is 0.775. The van der Waals surface area contributed by atoms with Crippen molar-refractivity contribution < 1.29 is 4.42 Å².